The van der Waals surface area contributed by atoms with E-state index >= 15 is 0 Å². The van der Waals surface area contributed by atoms with Crippen LogP contribution in [0.4, 0.5) is 0 Å². The van der Waals surface area contributed by atoms with Crippen LogP contribution in [0.15, 0.2) is 21.2 Å². The van der Waals surface area contributed by atoms with E-state index in [4.69, 9.17) is 10.2 Å². The van der Waals surface area contributed by atoms with Crippen LogP contribution in [-0.2, 0) is 0 Å². The maximum atomic E-state index is 5.80. The lowest BCUT2D eigenvalue weighted by molar-refractivity contribution is 0.208. The standard InChI is InChI=1S/C12H21BrN2O/c1-9(2)6-7-15(3)10(8-14)11-4-5-12(13)16-11/h4-5,9-10H,6-8,14H2,1-3H3. The van der Waals surface area contributed by atoms with E-state index in [0.29, 0.717) is 12.5 Å². The minimum atomic E-state index is 0.171. The van der Waals surface area contributed by atoms with Gasteiger partial charge in [-0.3, -0.25) is 4.90 Å². The second kappa shape index (κ2) is 6.42. The van der Waals surface area contributed by atoms with Crippen molar-refractivity contribution in [2.45, 2.75) is 26.3 Å². The molecule has 0 aliphatic rings. The predicted octanol–water partition coefficient (Wildman–Crippen LogP) is 3.02. The molecule has 0 spiro atoms. The molecule has 1 aromatic rings. The minimum Gasteiger partial charge on any atom is -0.453 e. The van der Waals surface area contributed by atoms with Crippen molar-refractivity contribution in [3.05, 3.63) is 22.6 Å². The third kappa shape index (κ3) is 3.92. The van der Waals surface area contributed by atoms with Gasteiger partial charge in [0, 0.05) is 6.54 Å². The van der Waals surface area contributed by atoms with E-state index in [2.05, 4.69) is 41.7 Å². The van der Waals surface area contributed by atoms with Gasteiger partial charge in [-0.1, -0.05) is 13.8 Å². The number of hydrogen-bond acceptors (Lipinski definition) is 3. The van der Waals surface area contributed by atoms with Crippen molar-refractivity contribution in [2.24, 2.45) is 11.7 Å². The van der Waals surface area contributed by atoms with Crippen LogP contribution in [0.1, 0.15) is 32.1 Å². The first-order chi connectivity index (χ1) is 7.54. The zero-order valence-corrected chi connectivity index (χ0v) is 11.8. The quantitative estimate of drug-likeness (QED) is 0.875. The van der Waals surface area contributed by atoms with Crippen LogP contribution >= 0.6 is 15.9 Å². The highest BCUT2D eigenvalue weighted by Gasteiger charge is 2.18. The van der Waals surface area contributed by atoms with Gasteiger partial charge in [-0.15, -0.1) is 0 Å². The smallest absolute Gasteiger partial charge is 0.169 e. The molecule has 0 aromatic carbocycles. The fraction of sp³-hybridized carbons (Fsp3) is 0.667. The largest absolute Gasteiger partial charge is 0.453 e. The molecule has 0 amide bonds. The molecular weight excluding hydrogens is 268 g/mol. The molecule has 3 nitrogen and oxygen atoms in total. The van der Waals surface area contributed by atoms with E-state index in [-0.39, 0.29) is 6.04 Å². The van der Waals surface area contributed by atoms with Crippen molar-refractivity contribution < 1.29 is 4.42 Å². The summed E-state index contributed by atoms with van der Waals surface area (Å²) in [5.74, 6) is 1.64. The van der Waals surface area contributed by atoms with Crippen LogP contribution < -0.4 is 5.73 Å². The van der Waals surface area contributed by atoms with Crippen molar-refractivity contribution in [3.8, 4) is 0 Å². The summed E-state index contributed by atoms with van der Waals surface area (Å²) in [5.41, 5.74) is 5.80. The van der Waals surface area contributed by atoms with Crippen LogP contribution in [0.5, 0.6) is 0 Å². The monoisotopic (exact) mass is 288 g/mol. The molecule has 0 saturated heterocycles. The molecule has 1 unspecified atom stereocenters. The van der Waals surface area contributed by atoms with Gasteiger partial charge in [0.15, 0.2) is 4.67 Å². The van der Waals surface area contributed by atoms with Gasteiger partial charge in [-0.25, -0.2) is 0 Å². The number of rotatable bonds is 6. The number of halogens is 1. The minimum absolute atomic E-state index is 0.171. The molecule has 0 aliphatic heterocycles. The van der Waals surface area contributed by atoms with E-state index < -0.39 is 0 Å². The molecule has 1 atom stereocenters. The van der Waals surface area contributed by atoms with Crippen molar-refractivity contribution in [1.29, 1.82) is 0 Å². The highest BCUT2D eigenvalue weighted by Crippen LogP contribution is 2.24. The number of furan rings is 1. The fourth-order valence-electron chi connectivity index (χ4n) is 1.64. The molecule has 4 heteroatoms. The third-order valence-corrected chi connectivity index (χ3v) is 3.16. The normalized spacial score (nSPS) is 13.7. The van der Waals surface area contributed by atoms with Crippen LogP contribution in [-0.4, -0.2) is 25.0 Å². The Morgan fingerprint density at radius 2 is 2.12 bits per heavy atom. The molecule has 2 N–H and O–H groups in total. The summed E-state index contributed by atoms with van der Waals surface area (Å²) in [7, 11) is 2.09. The van der Waals surface area contributed by atoms with E-state index in [0.717, 1.165) is 17.0 Å². The first-order valence-corrected chi connectivity index (χ1v) is 6.49. The summed E-state index contributed by atoms with van der Waals surface area (Å²) in [4.78, 5) is 2.26. The average molecular weight is 289 g/mol. The van der Waals surface area contributed by atoms with Crippen LogP contribution in [0.3, 0.4) is 0 Å². The maximum absolute atomic E-state index is 5.80. The lowest BCUT2D eigenvalue weighted by Crippen LogP contribution is -2.31. The molecule has 1 heterocycles. The molecule has 1 rings (SSSR count). The van der Waals surface area contributed by atoms with Gasteiger partial charge in [0.25, 0.3) is 0 Å². The summed E-state index contributed by atoms with van der Waals surface area (Å²) < 4.78 is 6.32. The Bertz CT molecular complexity index is 312. The van der Waals surface area contributed by atoms with Crippen molar-refractivity contribution in [1.82, 2.24) is 4.90 Å². The Kier molecular flexibility index (Phi) is 5.52. The molecule has 0 radical (unpaired) electrons. The summed E-state index contributed by atoms with van der Waals surface area (Å²) in [6.07, 6.45) is 1.18. The van der Waals surface area contributed by atoms with E-state index in [1.165, 1.54) is 6.42 Å². The topological polar surface area (TPSA) is 42.4 Å². The van der Waals surface area contributed by atoms with Gasteiger partial charge < -0.3 is 10.2 Å². The third-order valence-electron chi connectivity index (χ3n) is 2.74. The van der Waals surface area contributed by atoms with E-state index in [9.17, 15) is 0 Å². The first-order valence-electron chi connectivity index (χ1n) is 5.70. The fourth-order valence-corrected chi connectivity index (χ4v) is 1.96. The molecule has 0 fully saturated rings. The second-order valence-corrected chi connectivity index (χ2v) is 5.34. The first kappa shape index (κ1) is 13.7. The zero-order chi connectivity index (χ0) is 12.1. The molecule has 1 aromatic heterocycles. The number of likely N-dealkylation sites (N-methyl/N-ethyl adjacent to an activating group) is 1. The molecule has 0 bridgehead atoms. The Morgan fingerprint density at radius 1 is 1.44 bits per heavy atom. The second-order valence-electron chi connectivity index (χ2n) is 4.56. The predicted molar refractivity (Wildman–Crippen MR) is 70.3 cm³/mol. The number of nitrogens with zero attached hydrogens (tertiary/aromatic N) is 1. The van der Waals surface area contributed by atoms with Gasteiger partial charge in [-0.2, -0.15) is 0 Å². The van der Waals surface area contributed by atoms with Gasteiger partial charge in [0.1, 0.15) is 5.76 Å². The SMILES string of the molecule is CC(C)CCN(C)C(CN)c1ccc(Br)o1. The highest BCUT2D eigenvalue weighted by atomic mass is 79.9. The van der Waals surface area contributed by atoms with Gasteiger partial charge in [-0.05, 0) is 54.0 Å². The summed E-state index contributed by atoms with van der Waals surface area (Å²) in [6.45, 7) is 6.08. The van der Waals surface area contributed by atoms with Gasteiger partial charge in [0.2, 0.25) is 0 Å². The number of nitrogens with two attached hydrogens (primary N) is 1. The lowest BCUT2D eigenvalue weighted by Gasteiger charge is -2.25. The van der Waals surface area contributed by atoms with E-state index in [1.54, 1.807) is 0 Å². The Morgan fingerprint density at radius 3 is 2.56 bits per heavy atom. The van der Waals surface area contributed by atoms with E-state index in [1.807, 2.05) is 12.1 Å². The van der Waals surface area contributed by atoms with Gasteiger partial charge >= 0.3 is 0 Å². The maximum Gasteiger partial charge on any atom is 0.169 e. The zero-order valence-electron chi connectivity index (χ0n) is 10.2. The van der Waals surface area contributed by atoms with Crippen LogP contribution in [0.2, 0.25) is 0 Å². The molecule has 92 valence electrons. The Hall–Kier alpha value is -0.320. The average Bonchev–Trinajstić information content (AvgIpc) is 2.63. The van der Waals surface area contributed by atoms with Gasteiger partial charge in [0.05, 0.1) is 6.04 Å². The van der Waals surface area contributed by atoms with Crippen LogP contribution in [0, 0.1) is 5.92 Å². The number of hydrogen-bond donors (Lipinski definition) is 1. The summed E-state index contributed by atoms with van der Waals surface area (Å²) >= 11 is 3.31. The summed E-state index contributed by atoms with van der Waals surface area (Å²) in [5, 5.41) is 0. The molecule has 16 heavy (non-hydrogen) atoms. The van der Waals surface area contributed by atoms with Crippen molar-refractivity contribution >= 4 is 15.9 Å². The Balaban J connectivity index is 2.59. The summed E-state index contributed by atoms with van der Waals surface area (Å²) in [6, 6.07) is 4.06. The van der Waals surface area contributed by atoms with Crippen molar-refractivity contribution in [2.75, 3.05) is 20.1 Å². The van der Waals surface area contributed by atoms with Crippen LogP contribution in [0.25, 0.3) is 0 Å². The molecular formula is C12H21BrN2O. The molecule has 0 saturated carbocycles. The molecule has 0 aliphatic carbocycles. The Labute approximate surface area is 106 Å². The van der Waals surface area contributed by atoms with Crippen molar-refractivity contribution in [3.63, 3.8) is 0 Å². The lowest BCUT2D eigenvalue weighted by atomic mass is 10.1. The highest BCUT2D eigenvalue weighted by molar-refractivity contribution is 9.10.